The van der Waals surface area contributed by atoms with Crippen LogP contribution < -0.4 is 11.1 Å². The van der Waals surface area contributed by atoms with Crippen molar-refractivity contribution in [2.45, 2.75) is 38.8 Å². The highest BCUT2D eigenvalue weighted by molar-refractivity contribution is 5.91. The second kappa shape index (κ2) is 6.68. The highest BCUT2D eigenvalue weighted by atomic mass is 16.1. The predicted octanol–water partition coefficient (Wildman–Crippen LogP) is 1.96. The second-order valence-electron chi connectivity index (χ2n) is 5.19. The third-order valence-electron chi connectivity index (χ3n) is 3.83. The molecule has 1 aliphatic rings. The Kier molecular flexibility index (Phi) is 4.93. The Hall–Kier alpha value is -1.39. The summed E-state index contributed by atoms with van der Waals surface area (Å²) in [6.07, 6.45) is 3.04. The quantitative estimate of drug-likeness (QED) is 0.852. The molecular weight excluding hydrogens is 238 g/mol. The molecule has 0 bridgehead atoms. The molecule has 1 amide bonds. The molecule has 1 heterocycles. The van der Waals surface area contributed by atoms with Gasteiger partial charge in [-0.15, -0.1) is 0 Å². The van der Waals surface area contributed by atoms with Gasteiger partial charge in [0.2, 0.25) is 5.91 Å². The minimum atomic E-state index is 0.0694. The van der Waals surface area contributed by atoms with E-state index in [1.54, 1.807) is 0 Å². The van der Waals surface area contributed by atoms with Gasteiger partial charge in [-0.1, -0.05) is 18.2 Å². The number of rotatable bonds is 5. The first-order chi connectivity index (χ1) is 9.20. The van der Waals surface area contributed by atoms with Gasteiger partial charge in [0.1, 0.15) is 0 Å². The number of likely N-dealkylation sites (tertiary alicyclic amines) is 1. The van der Waals surface area contributed by atoms with Crippen LogP contribution in [0.2, 0.25) is 0 Å². The standard InChI is InChI=1S/C15H23N3O/c1-12-5-4-9-18(12)10-8-15(19)17-14-7-3-2-6-13(14)11-16/h2-3,6-7,12H,4-5,8-11,16H2,1H3,(H,17,19). The van der Waals surface area contributed by atoms with Crippen LogP contribution in [-0.4, -0.2) is 29.9 Å². The average Bonchev–Trinajstić information content (AvgIpc) is 2.82. The lowest BCUT2D eigenvalue weighted by Gasteiger charge is -2.20. The van der Waals surface area contributed by atoms with E-state index in [4.69, 9.17) is 5.73 Å². The highest BCUT2D eigenvalue weighted by Crippen LogP contribution is 2.17. The fraction of sp³-hybridized carbons (Fsp3) is 0.533. The zero-order valence-corrected chi connectivity index (χ0v) is 11.6. The third kappa shape index (κ3) is 3.78. The van der Waals surface area contributed by atoms with Crippen LogP contribution in [0, 0.1) is 0 Å². The van der Waals surface area contributed by atoms with Crippen molar-refractivity contribution < 1.29 is 4.79 Å². The summed E-state index contributed by atoms with van der Waals surface area (Å²) in [6.45, 7) is 4.64. The minimum absolute atomic E-state index is 0.0694. The van der Waals surface area contributed by atoms with Gasteiger partial charge in [0, 0.05) is 31.2 Å². The number of para-hydroxylation sites is 1. The zero-order valence-electron chi connectivity index (χ0n) is 11.6. The van der Waals surface area contributed by atoms with Gasteiger partial charge in [0.15, 0.2) is 0 Å². The van der Waals surface area contributed by atoms with E-state index in [-0.39, 0.29) is 5.91 Å². The Balaban J connectivity index is 1.84. The number of anilines is 1. The van der Waals surface area contributed by atoms with Crippen LogP contribution in [0.15, 0.2) is 24.3 Å². The maximum absolute atomic E-state index is 12.0. The summed E-state index contributed by atoms with van der Waals surface area (Å²) in [6, 6.07) is 8.31. The molecule has 19 heavy (non-hydrogen) atoms. The van der Waals surface area contributed by atoms with Crippen LogP contribution in [0.5, 0.6) is 0 Å². The maximum atomic E-state index is 12.0. The van der Waals surface area contributed by atoms with Crippen molar-refractivity contribution in [1.82, 2.24) is 4.90 Å². The van der Waals surface area contributed by atoms with Gasteiger partial charge >= 0.3 is 0 Å². The lowest BCUT2D eigenvalue weighted by Crippen LogP contribution is -2.30. The van der Waals surface area contributed by atoms with Crippen molar-refractivity contribution in [3.8, 4) is 0 Å². The van der Waals surface area contributed by atoms with Crippen molar-refractivity contribution >= 4 is 11.6 Å². The van der Waals surface area contributed by atoms with Crippen LogP contribution >= 0.6 is 0 Å². The summed E-state index contributed by atoms with van der Waals surface area (Å²) >= 11 is 0. The van der Waals surface area contributed by atoms with Gasteiger partial charge in [-0.3, -0.25) is 4.79 Å². The molecule has 1 saturated heterocycles. The summed E-state index contributed by atoms with van der Waals surface area (Å²) in [5.74, 6) is 0.0694. The first-order valence-corrected chi connectivity index (χ1v) is 7.02. The molecule has 1 aromatic rings. The maximum Gasteiger partial charge on any atom is 0.225 e. The molecule has 0 aliphatic carbocycles. The number of nitrogens with two attached hydrogens (primary N) is 1. The fourth-order valence-corrected chi connectivity index (χ4v) is 2.60. The molecule has 104 valence electrons. The number of carbonyl (C=O) groups excluding carboxylic acids is 1. The molecular formula is C15H23N3O. The average molecular weight is 261 g/mol. The number of nitrogens with one attached hydrogen (secondary N) is 1. The number of amides is 1. The van der Waals surface area contributed by atoms with Gasteiger partial charge < -0.3 is 16.0 Å². The fourth-order valence-electron chi connectivity index (χ4n) is 2.60. The van der Waals surface area contributed by atoms with Crippen molar-refractivity contribution in [2.24, 2.45) is 5.73 Å². The SMILES string of the molecule is CC1CCCN1CCC(=O)Nc1ccccc1CN. The number of carbonyl (C=O) groups is 1. The van der Waals surface area contributed by atoms with Crippen LogP contribution in [0.1, 0.15) is 31.7 Å². The highest BCUT2D eigenvalue weighted by Gasteiger charge is 2.20. The van der Waals surface area contributed by atoms with E-state index in [2.05, 4.69) is 17.1 Å². The summed E-state index contributed by atoms with van der Waals surface area (Å²) in [5, 5.41) is 2.95. The molecule has 4 nitrogen and oxygen atoms in total. The molecule has 3 N–H and O–H groups in total. The molecule has 0 aromatic heterocycles. The van der Waals surface area contributed by atoms with Crippen molar-refractivity contribution in [3.05, 3.63) is 29.8 Å². The molecule has 1 atom stereocenters. The molecule has 0 saturated carbocycles. The minimum Gasteiger partial charge on any atom is -0.326 e. The monoisotopic (exact) mass is 261 g/mol. The number of hydrogen-bond donors (Lipinski definition) is 2. The Bertz CT molecular complexity index is 433. The first-order valence-electron chi connectivity index (χ1n) is 7.02. The predicted molar refractivity (Wildman–Crippen MR) is 77.8 cm³/mol. The Morgan fingerprint density at radius 2 is 2.26 bits per heavy atom. The molecule has 1 unspecified atom stereocenters. The molecule has 0 radical (unpaired) electrons. The smallest absolute Gasteiger partial charge is 0.225 e. The molecule has 1 fully saturated rings. The lowest BCUT2D eigenvalue weighted by molar-refractivity contribution is -0.116. The van der Waals surface area contributed by atoms with Gasteiger partial charge in [-0.2, -0.15) is 0 Å². The normalized spacial score (nSPS) is 19.6. The van der Waals surface area contributed by atoms with E-state index in [0.717, 1.165) is 24.3 Å². The summed E-state index contributed by atoms with van der Waals surface area (Å²) < 4.78 is 0. The summed E-state index contributed by atoms with van der Waals surface area (Å²) in [4.78, 5) is 14.3. The van der Waals surface area contributed by atoms with Crippen molar-refractivity contribution in [1.29, 1.82) is 0 Å². The van der Waals surface area contributed by atoms with E-state index >= 15 is 0 Å². The van der Waals surface area contributed by atoms with Crippen LogP contribution in [0.3, 0.4) is 0 Å². The lowest BCUT2D eigenvalue weighted by atomic mass is 10.1. The van der Waals surface area contributed by atoms with Gasteiger partial charge in [0.25, 0.3) is 0 Å². The van der Waals surface area contributed by atoms with Gasteiger partial charge in [-0.25, -0.2) is 0 Å². The Labute approximate surface area is 115 Å². The van der Waals surface area contributed by atoms with Crippen LogP contribution in [-0.2, 0) is 11.3 Å². The number of hydrogen-bond acceptors (Lipinski definition) is 3. The van der Waals surface area contributed by atoms with Crippen LogP contribution in [0.4, 0.5) is 5.69 Å². The van der Waals surface area contributed by atoms with E-state index in [1.165, 1.54) is 12.8 Å². The first kappa shape index (κ1) is 14.0. The van der Waals surface area contributed by atoms with Gasteiger partial charge in [-0.05, 0) is 37.9 Å². The molecule has 1 aliphatic heterocycles. The molecule has 4 heteroatoms. The van der Waals surface area contributed by atoms with Crippen LogP contribution in [0.25, 0.3) is 0 Å². The van der Waals surface area contributed by atoms with E-state index in [0.29, 0.717) is 19.0 Å². The van der Waals surface area contributed by atoms with Crippen molar-refractivity contribution in [3.63, 3.8) is 0 Å². The van der Waals surface area contributed by atoms with E-state index in [9.17, 15) is 4.79 Å². The molecule has 2 rings (SSSR count). The van der Waals surface area contributed by atoms with Crippen molar-refractivity contribution in [2.75, 3.05) is 18.4 Å². The summed E-state index contributed by atoms with van der Waals surface area (Å²) in [7, 11) is 0. The van der Waals surface area contributed by atoms with E-state index in [1.807, 2.05) is 24.3 Å². The number of nitrogens with zero attached hydrogens (tertiary/aromatic N) is 1. The van der Waals surface area contributed by atoms with Gasteiger partial charge in [0.05, 0.1) is 0 Å². The topological polar surface area (TPSA) is 58.4 Å². The second-order valence-corrected chi connectivity index (χ2v) is 5.19. The molecule has 0 spiro atoms. The Morgan fingerprint density at radius 1 is 1.47 bits per heavy atom. The molecule has 1 aromatic carbocycles. The Morgan fingerprint density at radius 3 is 2.95 bits per heavy atom. The third-order valence-corrected chi connectivity index (χ3v) is 3.83. The zero-order chi connectivity index (χ0) is 13.7. The summed E-state index contributed by atoms with van der Waals surface area (Å²) in [5.41, 5.74) is 7.47. The number of benzene rings is 1. The largest absolute Gasteiger partial charge is 0.326 e. The van der Waals surface area contributed by atoms with E-state index < -0.39 is 0 Å².